The number of carbonyl (C=O) groups is 1. The summed E-state index contributed by atoms with van der Waals surface area (Å²) in [6.45, 7) is 3.15. The van der Waals surface area contributed by atoms with Gasteiger partial charge in [0.15, 0.2) is 0 Å². The molecule has 1 aliphatic heterocycles. The summed E-state index contributed by atoms with van der Waals surface area (Å²) in [6, 6.07) is 5.34. The lowest BCUT2D eigenvalue weighted by molar-refractivity contribution is 0.0546. The standard InChI is InChI=1S/C13H18N2O2/c1-9-8-10(14)2-3-12(9)13(17)15-6-4-11(16)5-7-15/h2-3,8,11,16H,4-7,14H2,1H3. The zero-order valence-electron chi connectivity index (χ0n) is 10.0. The van der Waals surface area contributed by atoms with Crippen molar-refractivity contribution in [3.05, 3.63) is 29.3 Å². The second kappa shape index (κ2) is 4.75. The first kappa shape index (κ1) is 11.9. The molecule has 1 aliphatic rings. The Bertz CT molecular complexity index is 423. The van der Waals surface area contributed by atoms with E-state index in [2.05, 4.69) is 0 Å². The van der Waals surface area contributed by atoms with Crippen molar-refractivity contribution in [1.29, 1.82) is 0 Å². The number of nitrogen functional groups attached to an aromatic ring is 1. The summed E-state index contributed by atoms with van der Waals surface area (Å²) in [5.41, 5.74) is 7.95. The van der Waals surface area contributed by atoms with Crippen molar-refractivity contribution in [2.75, 3.05) is 18.8 Å². The van der Waals surface area contributed by atoms with E-state index >= 15 is 0 Å². The Morgan fingerprint density at radius 2 is 2.06 bits per heavy atom. The highest BCUT2D eigenvalue weighted by atomic mass is 16.3. The summed E-state index contributed by atoms with van der Waals surface area (Å²) in [5, 5.41) is 9.42. The topological polar surface area (TPSA) is 66.6 Å². The predicted molar refractivity (Wildman–Crippen MR) is 66.7 cm³/mol. The maximum absolute atomic E-state index is 12.2. The molecule has 1 amide bonds. The molecular formula is C13H18N2O2. The smallest absolute Gasteiger partial charge is 0.254 e. The number of aryl methyl sites for hydroxylation is 1. The summed E-state index contributed by atoms with van der Waals surface area (Å²) in [7, 11) is 0. The molecule has 1 saturated heterocycles. The Balaban J connectivity index is 2.14. The molecule has 0 radical (unpaired) electrons. The third kappa shape index (κ3) is 2.58. The van der Waals surface area contributed by atoms with Gasteiger partial charge in [-0.15, -0.1) is 0 Å². The Kier molecular flexibility index (Phi) is 3.33. The molecule has 1 fully saturated rings. The van der Waals surface area contributed by atoms with Crippen LogP contribution in [0.5, 0.6) is 0 Å². The number of nitrogens with two attached hydrogens (primary N) is 1. The first-order chi connectivity index (χ1) is 8.08. The monoisotopic (exact) mass is 234 g/mol. The molecule has 2 rings (SSSR count). The molecule has 4 nitrogen and oxygen atoms in total. The van der Waals surface area contributed by atoms with Crippen LogP contribution in [0.1, 0.15) is 28.8 Å². The van der Waals surface area contributed by atoms with Crippen LogP contribution in [-0.4, -0.2) is 35.1 Å². The zero-order chi connectivity index (χ0) is 12.4. The van der Waals surface area contributed by atoms with Gasteiger partial charge in [-0.1, -0.05) is 0 Å². The minimum absolute atomic E-state index is 0.0365. The number of carbonyl (C=O) groups excluding carboxylic acids is 1. The van der Waals surface area contributed by atoms with E-state index in [1.54, 1.807) is 17.0 Å². The van der Waals surface area contributed by atoms with E-state index in [0.717, 1.165) is 5.56 Å². The number of aliphatic hydroxyl groups is 1. The molecule has 1 heterocycles. The highest BCUT2D eigenvalue weighted by Gasteiger charge is 2.23. The van der Waals surface area contributed by atoms with E-state index < -0.39 is 0 Å². The lowest BCUT2D eigenvalue weighted by Gasteiger charge is -2.30. The van der Waals surface area contributed by atoms with E-state index in [0.29, 0.717) is 37.2 Å². The molecule has 0 saturated carbocycles. The molecule has 4 heteroatoms. The minimum atomic E-state index is -0.258. The van der Waals surface area contributed by atoms with Gasteiger partial charge >= 0.3 is 0 Å². The molecule has 0 unspecified atom stereocenters. The Hall–Kier alpha value is -1.55. The molecule has 0 aromatic heterocycles. The average molecular weight is 234 g/mol. The number of benzene rings is 1. The van der Waals surface area contributed by atoms with Crippen LogP contribution in [0.3, 0.4) is 0 Å². The molecule has 0 aliphatic carbocycles. The SMILES string of the molecule is Cc1cc(N)ccc1C(=O)N1CCC(O)CC1. The fourth-order valence-electron chi connectivity index (χ4n) is 2.17. The van der Waals surface area contributed by atoms with Crippen molar-refractivity contribution in [2.45, 2.75) is 25.9 Å². The van der Waals surface area contributed by atoms with Crippen molar-refractivity contribution in [2.24, 2.45) is 0 Å². The second-order valence-corrected chi connectivity index (χ2v) is 4.60. The zero-order valence-corrected chi connectivity index (χ0v) is 10.0. The molecular weight excluding hydrogens is 216 g/mol. The van der Waals surface area contributed by atoms with Gasteiger partial charge in [-0.05, 0) is 43.5 Å². The van der Waals surface area contributed by atoms with Crippen LogP contribution in [-0.2, 0) is 0 Å². The number of rotatable bonds is 1. The van der Waals surface area contributed by atoms with Crippen molar-refractivity contribution < 1.29 is 9.90 Å². The first-order valence-corrected chi connectivity index (χ1v) is 5.91. The normalized spacial score (nSPS) is 17.2. The molecule has 92 valence electrons. The molecule has 1 aromatic carbocycles. The van der Waals surface area contributed by atoms with Crippen LogP contribution in [0.25, 0.3) is 0 Å². The fraction of sp³-hybridized carbons (Fsp3) is 0.462. The largest absolute Gasteiger partial charge is 0.399 e. The van der Waals surface area contributed by atoms with Crippen LogP contribution >= 0.6 is 0 Å². The molecule has 0 atom stereocenters. The van der Waals surface area contributed by atoms with Gasteiger partial charge in [0.1, 0.15) is 0 Å². The maximum atomic E-state index is 12.2. The maximum Gasteiger partial charge on any atom is 0.254 e. The number of nitrogens with zero attached hydrogens (tertiary/aromatic N) is 1. The van der Waals surface area contributed by atoms with Crippen molar-refractivity contribution in [1.82, 2.24) is 4.90 Å². The third-order valence-corrected chi connectivity index (χ3v) is 3.23. The second-order valence-electron chi connectivity index (χ2n) is 4.60. The van der Waals surface area contributed by atoms with E-state index in [-0.39, 0.29) is 12.0 Å². The van der Waals surface area contributed by atoms with E-state index in [9.17, 15) is 9.90 Å². The molecule has 1 aromatic rings. The van der Waals surface area contributed by atoms with Crippen molar-refractivity contribution in [3.8, 4) is 0 Å². The highest BCUT2D eigenvalue weighted by molar-refractivity contribution is 5.96. The quantitative estimate of drug-likeness (QED) is 0.717. The van der Waals surface area contributed by atoms with Gasteiger partial charge in [0, 0.05) is 24.3 Å². The predicted octanol–water partition coefficient (Wildman–Crippen LogP) is 1.17. The summed E-state index contributed by atoms with van der Waals surface area (Å²) in [6.07, 6.45) is 1.08. The van der Waals surface area contributed by atoms with Gasteiger partial charge < -0.3 is 15.7 Å². The number of hydrogen-bond donors (Lipinski definition) is 2. The van der Waals surface area contributed by atoms with Gasteiger partial charge in [-0.3, -0.25) is 4.79 Å². The number of amides is 1. The minimum Gasteiger partial charge on any atom is -0.399 e. The Morgan fingerprint density at radius 1 is 1.41 bits per heavy atom. The van der Waals surface area contributed by atoms with E-state index in [1.807, 2.05) is 13.0 Å². The van der Waals surface area contributed by atoms with Crippen LogP contribution in [0.4, 0.5) is 5.69 Å². The van der Waals surface area contributed by atoms with Crippen LogP contribution in [0, 0.1) is 6.92 Å². The lowest BCUT2D eigenvalue weighted by atomic mass is 10.0. The Morgan fingerprint density at radius 3 is 2.65 bits per heavy atom. The molecule has 3 N–H and O–H groups in total. The van der Waals surface area contributed by atoms with Gasteiger partial charge in [-0.2, -0.15) is 0 Å². The van der Waals surface area contributed by atoms with E-state index in [4.69, 9.17) is 5.73 Å². The van der Waals surface area contributed by atoms with Crippen molar-refractivity contribution in [3.63, 3.8) is 0 Å². The fourth-order valence-corrected chi connectivity index (χ4v) is 2.17. The number of anilines is 1. The highest BCUT2D eigenvalue weighted by Crippen LogP contribution is 2.18. The Labute approximate surface area is 101 Å². The molecule has 17 heavy (non-hydrogen) atoms. The van der Waals surface area contributed by atoms with Crippen LogP contribution < -0.4 is 5.73 Å². The summed E-state index contributed by atoms with van der Waals surface area (Å²) >= 11 is 0. The molecule has 0 bridgehead atoms. The molecule has 0 spiro atoms. The number of hydrogen-bond acceptors (Lipinski definition) is 3. The van der Waals surface area contributed by atoms with Crippen LogP contribution in [0.2, 0.25) is 0 Å². The van der Waals surface area contributed by atoms with E-state index in [1.165, 1.54) is 0 Å². The van der Waals surface area contributed by atoms with Gasteiger partial charge in [0.2, 0.25) is 0 Å². The summed E-state index contributed by atoms with van der Waals surface area (Å²) < 4.78 is 0. The number of piperidine rings is 1. The van der Waals surface area contributed by atoms with Gasteiger partial charge in [0.05, 0.1) is 6.10 Å². The third-order valence-electron chi connectivity index (χ3n) is 3.23. The average Bonchev–Trinajstić information content (AvgIpc) is 2.29. The van der Waals surface area contributed by atoms with Gasteiger partial charge in [-0.25, -0.2) is 0 Å². The number of likely N-dealkylation sites (tertiary alicyclic amines) is 1. The lowest BCUT2D eigenvalue weighted by Crippen LogP contribution is -2.40. The summed E-state index contributed by atoms with van der Waals surface area (Å²) in [5.74, 6) is 0.0365. The van der Waals surface area contributed by atoms with Crippen LogP contribution in [0.15, 0.2) is 18.2 Å². The van der Waals surface area contributed by atoms with Crippen molar-refractivity contribution >= 4 is 11.6 Å². The first-order valence-electron chi connectivity index (χ1n) is 5.91. The number of aliphatic hydroxyl groups excluding tert-OH is 1. The van der Waals surface area contributed by atoms with Gasteiger partial charge in [0.25, 0.3) is 5.91 Å². The summed E-state index contributed by atoms with van der Waals surface area (Å²) in [4.78, 5) is 14.0.